The third-order valence-electron chi connectivity index (χ3n) is 5.78. The lowest BCUT2D eigenvalue weighted by atomic mass is 9.97. The summed E-state index contributed by atoms with van der Waals surface area (Å²) in [6, 6.07) is 15.5. The molecule has 1 aliphatic heterocycles. The molecule has 0 amide bonds. The quantitative estimate of drug-likeness (QED) is 0.513. The van der Waals surface area contributed by atoms with E-state index >= 15 is 0 Å². The van der Waals surface area contributed by atoms with E-state index in [4.69, 9.17) is 4.98 Å². The van der Waals surface area contributed by atoms with Crippen LogP contribution >= 0.6 is 0 Å². The van der Waals surface area contributed by atoms with Gasteiger partial charge < -0.3 is 10.2 Å². The lowest BCUT2D eigenvalue weighted by Crippen LogP contribution is -2.43. The molecule has 156 valence electrons. The van der Waals surface area contributed by atoms with E-state index in [-0.39, 0.29) is 0 Å². The van der Waals surface area contributed by atoms with Crippen molar-refractivity contribution in [3.05, 3.63) is 78.0 Å². The van der Waals surface area contributed by atoms with Crippen molar-refractivity contribution in [3.8, 4) is 22.4 Å². The Labute approximate surface area is 179 Å². The molecule has 4 nitrogen and oxygen atoms in total. The minimum absolute atomic E-state index is 0.354. The molecule has 2 aromatic heterocycles. The van der Waals surface area contributed by atoms with Crippen LogP contribution in [-0.4, -0.2) is 36.1 Å². The number of aryl methyl sites for hydroxylation is 1. The molecule has 1 fully saturated rings. The monoisotopic (exact) mass is 416 g/mol. The Hall–Kier alpha value is -3.38. The highest BCUT2D eigenvalue weighted by molar-refractivity contribution is 6.02. The van der Waals surface area contributed by atoms with Crippen LogP contribution in [0.15, 0.2) is 60.8 Å². The van der Waals surface area contributed by atoms with Gasteiger partial charge in [0, 0.05) is 55.0 Å². The van der Waals surface area contributed by atoms with Gasteiger partial charge >= 0.3 is 0 Å². The van der Waals surface area contributed by atoms with E-state index in [2.05, 4.69) is 15.2 Å². The Bertz CT molecular complexity index is 1270. The highest BCUT2D eigenvalue weighted by atomic mass is 19.1. The second-order valence-electron chi connectivity index (χ2n) is 7.76. The van der Waals surface area contributed by atoms with Gasteiger partial charge in [-0.1, -0.05) is 24.3 Å². The van der Waals surface area contributed by atoms with Gasteiger partial charge in [0.2, 0.25) is 0 Å². The Morgan fingerprint density at radius 3 is 2.48 bits per heavy atom. The van der Waals surface area contributed by atoms with E-state index in [1.165, 1.54) is 12.1 Å². The Morgan fingerprint density at radius 2 is 1.71 bits per heavy atom. The van der Waals surface area contributed by atoms with Crippen molar-refractivity contribution in [2.45, 2.75) is 6.92 Å². The van der Waals surface area contributed by atoms with E-state index in [1.807, 2.05) is 43.3 Å². The van der Waals surface area contributed by atoms with Crippen LogP contribution in [0.1, 0.15) is 5.56 Å². The maximum absolute atomic E-state index is 14.8. The van der Waals surface area contributed by atoms with Gasteiger partial charge in [-0.05, 0) is 42.3 Å². The molecule has 0 saturated carbocycles. The second kappa shape index (κ2) is 8.04. The van der Waals surface area contributed by atoms with Crippen LogP contribution in [0.2, 0.25) is 0 Å². The fraction of sp³-hybridized carbons (Fsp3) is 0.200. The predicted molar refractivity (Wildman–Crippen MR) is 120 cm³/mol. The molecule has 2 aromatic carbocycles. The number of pyridine rings is 2. The molecule has 6 heteroatoms. The number of hydrogen-bond acceptors (Lipinski definition) is 4. The van der Waals surface area contributed by atoms with Gasteiger partial charge in [0.05, 0.1) is 11.2 Å². The predicted octanol–water partition coefficient (Wildman–Crippen LogP) is 4.96. The zero-order valence-corrected chi connectivity index (χ0v) is 17.2. The van der Waals surface area contributed by atoms with Crippen LogP contribution in [0.25, 0.3) is 33.3 Å². The number of rotatable bonds is 3. The van der Waals surface area contributed by atoms with Gasteiger partial charge in [0.25, 0.3) is 0 Å². The third-order valence-corrected chi connectivity index (χ3v) is 5.78. The summed E-state index contributed by atoms with van der Waals surface area (Å²) in [6.45, 7) is 5.37. The zero-order valence-electron chi connectivity index (χ0n) is 17.2. The van der Waals surface area contributed by atoms with Gasteiger partial charge in [0.15, 0.2) is 0 Å². The van der Waals surface area contributed by atoms with Crippen LogP contribution < -0.4 is 10.2 Å². The van der Waals surface area contributed by atoms with Gasteiger partial charge in [0.1, 0.15) is 17.5 Å². The largest absolute Gasteiger partial charge is 0.354 e. The first-order valence-corrected chi connectivity index (χ1v) is 10.4. The lowest BCUT2D eigenvalue weighted by Gasteiger charge is -2.29. The number of halogens is 2. The lowest BCUT2D eigenvalue weighted by molar-refractivity contribution is 0.584. The fourth-order valence-corrected chi connectivity index (χ4v) is 4.16. The Balaban J connectivity index is 1.81. The number of anilines is 1. The minimum atomic E-state index is -0.593. The summed E-state index contributed by atoms with van der Waals surface area (Å²) < 4.78 is 28.4. The van der Waals surface area contributed by atoms with Gasteiger partial charge in [-0.3, -0.25) is 4.98 Å². The first-order valence-electron chi connectivity index (χ1n) is 10.4. The van der Waals surface area contributed by atoms with Crippen molar-refractivity contribution in [2.24, 2.45) is 0 Å². The molecule has 0 aliphatic carbocycles. The molecular formula is C25H22F2N4. The summed E-state index contributed by atoms with van der Waals surface area (Å²) in [5.74, 6) is -0.409. The number of fused-ring (bicyclic) bond motifs is 1. The average molecular weight is 416 g/mol. The first kappa shape index (κ1) is 19.6. The van der Waals surface area contributed by atoms with Crippen LogP contribution in [-0.2, 0) is 0 Å². The van der Waals surface area contributed by atoms with Crippen molar-refractivity contribution in [1.82, 2.24) is 15.3 Å². The van der Waals surface area contributed by atoms with Crippen LogP contribution in [0, 0.1) is 18.6 Å². The normalized spacial score (nSPS) is 14.2. The number of aromatic nitrogens is 2. The van der Waals surface area contributed by atoms with E-state index in [0.717, 1.165) is 60.3 Å². The summed E-state index contributed by atoms with van der Waals surface area (Å²) in [5, 5.41) is 4.13. The smallest absolute Gasteiger partial charge is 0.133 e. The summed E-state index contributed by atoms with van der Waals surface area (Å²) in [5.41, 5.74) is 4.60. The SMILES string of the molecule is Cc1ccccc1-c1nccc2c(-c3ccc(F)cc3F)cc(N3CCNCC3)nc12. The molecular weight excluding hydrogens is 394 g/mol. The molecule has 5 rings (SSSR count). The van der Waals surface area contributed by atoms with Crippen LogP contribution in [0.4, 0.5) is 14.6 Å². The van der Waals surface area contributed by atoms with Gasteiger partial charge in [-0.25, -0.2) is 13.8 Å². The number of piperazine rings is 1. The number of nitrogens with zero attached hydrogens (tertiary/aromatic N) is 3. The van der Waals surface area contributed by atoms with Crippen molar-refractivity contribution in [1.29, 1.82) is 0 Å². The second-order valence-corrected chi connectivity index (χ2v) is 7.76. The fourth-order valence-electron chi connectivity index (χ4n) is 4.16. The highest BCUT2D eigenvalue weighted by Gasteiger charge is 2.20. The maximum atomic E-state index is 14.8. The zero-order chi connectivity index (χ0) is 21.4. The molecule has 0 spiro atoms. The van der Waals surface area contributed by atoms with Crippen molar-refractivity contribution in [3.63, 3.8) is 0 Å². The van der Waals surface area contributed by atoms with Gasteiger partial charge in [-0.15, -0.1) is 0 Å². The van der Waals surface area contributed by atoms with Crippen LogP contribution in [0.3, 0.4) is 0 Å². The van der Waals surface area contributed by atoms with Crippen molar-refractivity contribution < 1.29 is 8.78 Å². The molecule has 0 radical (unpaired) electrons. The summed E-state index contributed by atoms with van der Waals surface area (Å²) in [7, 11) is 0. The standard InChI is InChI=1S/C25H22F2N4/c1-16-4-2-3-5-18(16)24-25-20(8-9-29-24)21(19-7-6-17(26)14-22(19)27)15-23(30-25)31-12-10-28-11-13-31/h2-9,14-15,28H,10-13H2,1H3. The third kappa shape index (κ3) is 3.64. The maximum Gasteiger partial charge on any atom is 0.133 e. The molecule has 0 bridgehead atoms. The van der Waals surface area contributed by atoms with E-state index in [9.17, 15) is 8.78 Å². The highest BCUT2D eigenvalue weighted by Crippen LogP contribution is 2.37. The van der Waals surface area contributed by atoms with Crippen molar-refractivity contribution >= 4 is 16.7 Å². The van der Waals surface area contributed by atoms with Crippen LogP contribution in [0.5, 0.6) is 0 Å². The summed E-state index contributed by atoms with van der Waals surface area (Å²) in [4.78, 5) is 11.8. The molecule has 3 heterocycles. The van der Waals surface area contributed by atoms with E-state index < -0.39 is 11.6 Å². The number of nitrogens with one attached hydrogen (secondary N) is 1. The Morgan fingerprint density at radius 1 is 0.903 bits per heavy atom. The van der Waals surface area contributed by atoms with E-state index in [0.29, 0.717) is 16.6 Å². The molecule has 31 heavy (non-hydrogen) atoms. The topological polar surface area (TPSA) is 41.1 Å². The summed E-state index contributed by atoms with van der Waals surface area (Å²) >= 11 is 0. The Kier molecular flexibility index (Phi) is 5.08. The van der Waals surface area contributed by atoms with E-state index in [1.54, 1.807) is 6.20 Å². The average Bonchev–Trinajstić information content (AvgIpc) is 2.79. The molecule has 0 unspecified atom stereocenters. The van der Waals surface area contributed by atoms with Crippen molar-refractivity contribution in [2.75, 3.05) is 31.1 Å². The minimum Gasteiger partial charge on any atom is -0.354 e. The molecule has 1 saturated heterocycles. The molecule has 0 atom stereocenters. The summed E-state index contributed by atoms with van der Waals surface area (Å²) in [6.07, 6.45) is 1.72. The molecule has 1 N–H and O–H groups in total. The number of benzene rings is 2. The first-order chi connectivity index (χ1) is 15.1. The molecule has 1 aliphatic rings. The van der Waals surface area contributed by atoms with Gasteiger partial charge in [-0.2, -0.15) is 0 Å². The number of hydrogen-bond donors (Lipinski definition) is 1. The molecule has 4 aromatic rings.